The van der Waals surface area contributed by atoms with Gasteiger partial charge in [-0.3, -0.25) is 0 Å². The van der Waals surface area contributed by atoms with Crippen LogP contribution in [0.2, 0.25) is 10.3 Å². The minimum atomic E-state index is -0.418. The highest BCUT2D eigenvalue weighted by molar-refractivity contribution is 6.32. The van der Waals surface area contributed by atoms with Gasteiger partial charge in [-0.15, -0.1) is 10.2 Å². The molecule has 1 N–H and O–H groups in total. The third-order valence-corrected chi connectivity index (χ3v) is 4.29. The van der Waals surface area contributed by atoms with Gasteiger partial charge < -0.3 is 10.1 Å². The summed E-state index contributed by atoms with van der Waals surface area (Å²) in [6, 6.07) is 5.22. The summed E-state index contributed by atoms with van der Waals surface area (Å²) < 4.78 is 4.94. The van der Waals surface area contributed by atoms with Crippen LogP contribution in [0.25, 0.3) is 0 Å². The SMILES string of the molecule is CCOC(=O)c1cccc(NCCCCc2c(Cl)nnc(Cl)c2C)n1. The number of pyridine rings is 1. The number of halogens is 2. The molecule has 25 heavy (non-hydrogen) atoms. The zero-order valence-electron chi connectivity index (χ0n) is 14.2. The van der Waals surface area contributed by atoms with Crippen LogP contribution in [0.1, 0.15) is 41.4 Å². The molecule has 0 aliphatic rings. The summed E-state index contributed by atoms with van der Waals surface area (Å²) in [6.45, 7) is 4.71. The van der Waals surface area contributed by atoms with Crippen molar-refractivity contribution in [3.8, 4) is 0 Å². The van der Waals surface area contributed by atoms with E-state index in [4.69, 9.17) is 27.9 Å². The lowest BCUT2D eigenvalue weighted by molar-refractivity contribution is 0.0519. The zero-order valence-corrected chi connectivity index (χ0v) is 15.7. The predicted octanol–water partition coefficient (Wildman–Crippen LogP) is 4.10. The lowest BCUT2D eigenvalue weighted by Gasteiger charge is -2.09. The van der Waals surface area contributed by atoms with E-state index in [-0.39, 0.29) is 0 Å². The molecule has 2 rings (SSSR count). The molecule has 0 radical (unpaired) electrons. The van der Waals surface area contributed by atoms with E-state index in [2.05, 4.69) is 20.5 Å². The minimum Gasteiger partial charge on any atom is -0.461 e. The molecule has 134 valence electrons. The first-order chi connectivity index (χ1) is 12.0. The first-order valence-electron chi connectivity index (χ1n) is 8.08. The van der Waals surface area contributed by atoms with E-state index < -0.39 is 5.97 Å². The van der Waals surface area contributed by atoms with E-state index in [0.29, 0.717) is 28.4 Å². The fraction of sp³-hybridized carbons (Fsp3) is 0.412. The molecule has 0 aromatic carbocycles. The van der Waals surface area contributed by atoms with Crippen molar-refractivity contribution in [3.05, 3.63) is 45.3 Å². The van der Waals surface area contributed by atoms with E-state index in [1.807, 2.05) is 13.0 Å². The van der Waals surface area contributed by atoms with E-state index >= 15 is 0 Å². The smallest absolute Gasteiger partial charge is 0.356 e. The maximum atomic E-state index is 11.7. The van der Waals surface area contributed by atoms with Gasteiger partial charge in [-0.2, -0.15) is 0 Å². The number of aromatic nitrogens is 3. The number of esters is 1. The number of rotatable bonds is 8. The Balaban J connectivity index is 1.81. The van der Waals surface area contributed by atoms with Gasteiger partial charge in [0.15, 0.2) is 16.0 Å². The minimum absolute atomic E-state index is 0.298. The van der Waals surface area contributed by atoms with Crippen LogP contribution in [0, 0.1) is 6.92 Å². The Kier molecular flexibility index (Phi) is 7.40. The number of anilines is 1. The standard InChI is InChI=1S/C17H20Cl2N4O2/c1-3-25-17(24)13-8-6-9-14(21-13)20-10-5-4-7-12-11(2)15(18)22-23-16(12)19/h6,8-9H,3-5,7,10H2,1-2H3,(H,20,21). The Morgan fingerprint density at radius 2 is 1.96 bits per heavy atom. The predicted molar refractivity (Wildman–Crippen MR) is 98.4 cm³/mol. The molecule has 2 heterocycles. The van der Waals surface area contributed by atoms with Gasteiger partial charge in [-0.1, -0.05) is 29.3 Å². The van der Waals surface area contributed by atoms with Crippen LogP contribution >= 0.6 is 23.2 Å². The molecule has 0 unspecified atom stereocenters. The fourth-order valence-electron chi connectivity index (χ4n) is 2.29. The third kappa shape index (κ3) is 5.54. The Morgan fingerprint density at radius 1 is 1.20 bits per heavy atom. The highest BCUT2D eigenvalue weighted by Crippen LogP contribution is 2.23. The summed E-state index contributed by atoms with van der Waals surface area (Å²) in [4.78, 5) is 15.9. The summed E-state index contributed by atoms with van der Waals surface area (Å²) in [7, 11) is 0. The molecular formula is C17H20Cl2N4O2. The quantitative estimate of drug-likeness (QED) is 0.546. The Labute approximate surface area is 156 Å². The number of nitrogens with one attached hydrogen (secondary N) is 1. The lowest BCUT2D eigenvalue weighted by atomic mass is 10.1. The highest BCUT2D eigenvalue weighted by Gasteiger charge is 2.10. The number of ether oxygens (including phenoxy) is 1. The summed E-state index contributed by atoms with van der Waals surface area (Å²) in [5, 5.41) is 11.6. The van der Waals surface area contributed by atoms with Crippen molar-refractivity contribution in [3.63, 3.8) is 0 Å². The third-order valence-electron chi connectivity index (χ3n) is 3.63. The Hall–Kier alpha value is -1.92. The largest absolute Gasteiger partial charge is 0.461 e. The van der Waals surface area contributed by atoms with Crippen LogP contribution in [-0.4, -0.2) is 34.3 Å². The second-order valence-corrected chi connectivity index (χ2v) is 6.11. The van der Waals surface area contributed by atoms with Gasteiger partial charge in [0.25, 0.3) is 0 Å². The number of hydrogen-bond acceptors (Lipinski definition) is 6. The topological polar surface area (TPSA) is 77.0 Å². The number of nitrogens with zero attached hydrogens (tertiary/aromatic N) is 3. The van der Waals surface area contributed by atoms with Gasteiger partial charge in [0, 0.05) is 6.54 Å². The van der Waals surface area contributed by atoms with Crippen LogP contribution in [0.4, 0.5) is 5.82 Å². The first kappa shape index (κ1) is 19.4. The zero-order chi connectivity index (χ0) is 18.2. The average Bonchev–Trinajstić information content (AvgIpc) is 2.61. The molecule has 0 fully saturated rings. The fourth-order valence-corrected chi connectivity index (χ4v) is 2.71. The van der Waals surface area contributed by atoms with E-state index in [1.54, 1.807) is 19.1 Å². The maximum Gasteiger partial charge on any atom is 0.356 e. The molecule has 0 bridgehead atoms. The monoisotopic (exact) mass is 382 g/mol. The van der Waals surface area contributed by atoms with E-state index in [1.165, 1.54) is 0 Å². The molecule has 0 aliphatic heterocycles. The van der Waals surface area contributed by atoms with Gasteiger partial charge in [0.2, 0.25) is 0 Å². The summed E-state index contributed by atoms with van der Waals surface area (Å²) in [5.41, 5.74) is 2.11. The molecule has 0 saturated heterocycles. The molecule has 0 aliphatic carbocycles. The molecular weight excluding hydrogens is 363 g/mol. The van der Waals surface area contributed by atoms with Crippen LogP contribution in [-0.2, 0) is 11.2 Å². The van der Waals surface area contributed by atoms with Crippen molar-refractivity contribution in [1.29, 1.82) is 0 Å². The van der Waals surface area contributed by atoms with Gasteiger partial charge in [-0.25, -0.2) is 9.78 Å². The molecule has 8 heteroatoms. The maximum absolute atomic E-state index is 11.7. The van der Waals surface area contributed by atoms with Crippen molar-refractivity contribution >= 4 is 35.0 Å². The number of hydrogen-bond donors (Lipinski definition) is 1. The van der Waals surface area contributed by atoms with E-state index in [0.717, 1.165) is 36.9 Å². The van der Waals surface area contributed by atoms with Gasteiger partial charge in [0.05, 0.1) is 6.61 Å². The summed E-state index contributed by atoms with van der Waals surface area (Å²) in [6.07, 6.45) is 2.59. The first-order valence-corrected chi connectivity index (χ1v) is 8.83. The number of unbranched alkanes of at least 4 members (excludes halogenated alkanes) is 1. The molecule has 0 atom stereocenters. The number of carbonyl (C=O) groups excluding carboxylic acids is 1. The van der Waals surface area contributed by atoms with Crippen LogP contribution in [0.5, 0.6) is 0 Å². The van der Waals surface area contributed by atoms with Gasteiger partial charge >= 0.3 is 5.97 Å². The molecule has 2 aromatic heterocycles. The Morgan fingerprint density at radius 3 is 2.72 bits per heavy atom. The molecule has 0 saturated carbocycles. The van der Waals surface area contributed by atoms with Crippen molar-refractivity contribution in [2.75, 3.05) is 18.5 Å². The van der Waals surface area contributed by atoms with Crippen LogP contribution in [0.3, 0.4) is 0 Å². The van der Waals surface area contributed by atoms with E-state index in [9.17, 15) is 4.79 Å². The summed E-state index contributed by atoms with van der Waals surface area (Å²) >= 11 is 12.1. The normalized spacial score (nSPS) is 10.6. The van der Waals surface area contributed by atoms with Crippen LogP contribution in [0.15, 0.2) is 18.2 Å². The molecule has 6 nitrogen and oxygen atoms in total. The van der Waals surface area contributed by atoms with Gasteiger partial charge in [0.1, 0.15) is 5.82 Å². The Bertz CT molecular complexity index is 741. The number of carbonyl (C=O) groups is 1. The molecule has 0 amide bonds. The highest BCUT2D eigenvalue weighted by atomic mass is 35.5. The molecule has 0 spiro atoms. The second kappa shape index (κ2) is 9.53. The van der Waals surface area contributed by atoms with Crippen molar-refractivity contribution < 1.29 is 9.53 Å². The van der Waals surface area contributed by atoms with Crippen molar-refractivity contribution in [2.24, 2.45) is 0 Å². The summed E-state index contributed by atoms with van der Waals surface area (Å²) in [5.74, 6) is 0.228. The van der Waals surface area contributed by atoms with Crippen molar-refractivity contribution in [1.82, 2.24) is 15.2 Å². The second-order valence-electron chi connectivity index (χ2n) is 5.40. The average molecular weight is 383 g/mol. The van der Waals surface area contributed by atoms with Crippen LogP contribution < -0.4 is 5.32 Å². The van der Waals surface area contributed by atoms with Crippen molar-refractivity contribution in [2.45, 2.75) is 33.1 Å². The van der Waals surface area contributed by atoms with Gasteiger partial charge in [-0.05, 0) is 56.4 Å². The lowest BCUT2D eigenvalue weighted by Crippen LogP contribution is -2.10. The molecule has 2 aromatic rings.